The summed E-state index contributed by atoms with van der Waals surface area (Å²) in [6.07, 6.45) is 0.622. The summed E-state index contributed by atoms with van der Waals surface area (Å²) >= 11 is 9.03. The van der Waals surface area contributed by atoms with Gasteiger partial charge in [-0.2, -0.15) is 0 Å². The van der Waals surface area contributed by atoms with E-state index in [1.165, 1.54) is 12.1 Å². The van der Waals surface area contributed by atoms with Crippen LogP contribution in [-0.4, -0.2) is 7.05 Å². The quantitative estimate of drug-likeness (QED) is 0.901. The molecular formula is C13H12BrClFNO. The van der Waals surface area contributed by atoms with Gasteiger partial charge >= 0.3 is 0 Å². The minimum atomic E-state index is -0.258. The molecule has 0 aliphatic rings. The third-order valence-corrected chi connectivity index (χ3v) is 3.31. The van der Waals surface area contributed by atoms with Gasteiger partial charge in [-0.15, -0.1) is 0 Å². The smallest absolute Gasteiger partial charge is 0.193 e. The Morgan fingerprint density at radius 1 is 1.39 bits per heavy atom. The minimum absolute atomic E-state index is 0.0359. The van der Waals surface area contributed by atoms with E-state index >= 15 is 0 Å². The van der Waals surface area contributed by atoms with Gasteiger partial charge in [0.2, 0.25) is 0 Å². The lowest BCUT2D eigenvalue weighted by atomic mass is 10.0. The SMILES string of the molecule is CNC(Cc1cc(F)cc(Br)c1)c1ccc(Cl)o1. The Morgan fingerprint density at radius 3 is 2.72 bits per heavy atom. The fourth-order valence-electron chi connectivity index (χ4n) is 1.82. The molecule has 96 valence electrons. The molecule has 0 amide bonds. The van der Waals surface area contributed by atoms with Crippen LogP contribution in [0.2, 0.25) is 5.22 Å². The van der Waals surface area contributed by atoms with Gasteiger partial charge in [0.25, 0.3) is 0 Å². The second-order valence-corrected chi connectivity index (χ2v) is 5.25. The molecule has 0 radical (unpaired) electrons. The first-order chi connectivity index (χ1) is 8.58. The number of nitrogens with one attached hydrogen (secondary N) is 1. The van der Waals surface area contributed by atoms with Crippen LogP contribution in [0.4, 0.5) is 4.39 Å². The molecule has 0 aliphatic heterocycles. The van der Waals surface area contributed by atoms with Crippen molar-refractivity contribution in [3.63, 3.8) is 0 Å². The molecule has 1 atom stereocenters. The Morgan fingerprint density at radius 2 is 2.17 bits per heavy atom. The van der Waals surface area contributed by atoms with Crippen molar-refractivity contribution < 1.29 is 8.81 Å². The van der Waals surface area contributed by atoms with E-state index in [4.69, 9.17) is 16.0 Å². The average molecular weight is 333 g/mol. The molecule has 5 heteroatoms. The molecule has 1 N–H and O–H groups in total. The maximum absolute atomic E-state index is 13.3. The Bertz CT molecular complexity index is 523. The highest BCUT2D eigenvalue weighted by Crippen LogP contribution is 2.24. The van der Waals surface area contributed by atoms with Crippen LogP contribution in [-0.2, 0) is 6.42 Å². The molecule has 0 saturated carbocycles. The highest BCUT2D eigenvalue weighted by Gasteiger charge is 2.14. The summed E-state index contributed by atoms with van der Waals surface area (Å²) in [7, 11) is 1.83. The second-order valence-electron chi connectivity index (χ2n) is 3.96. The van der Waals surface area contributed by atoms with Gasteiger partial charge in [0.05, 0.1) is 6.04 Å². The van der Waals surface area contributed by atoms with Crippen molar-refractivity contribution in [3.05, 3.63) is 57.2 Å². The van der Waals surface area contributed by atoms with Crippen LogP contribution < -0.4 is 5.32 Å². The number of hydrogen-bond acceptors (Lipinski definition) is 2. The summed E-state index contributed by atoms with van der Waals surface area (Å²) in [5, 5.41) is 3.48. The van der Waals surface area contributed by atoms with E-state index in [1.807, 2.05) is 19.2 Å². The summed E-state index contributed by atoms with van der Waals surface area (Å²) in [6, 6.07) is 8.31. The lowest BCUT2D eigenvalue weighted by molar-refractivity contribution is 0.430. The van der Waals surface area contributed by atoms with Gasteiger partial charge in [0, 0.05) is 4.47 Å². The Balaban J connectivity index is 2.20. The monoisotopic (exact) mass is 331 g/mol. The molecule has 1 aromatic carbocycles. The van der Waals surface area contributed by atoms with Gasteiger partial charge in [-0.25, -0.2) is 4.39 Å². The maximum atomic E-state index is 13.3. The van der Waals surface area contributed by atoms with Gasteiger partial charge in [0.1, 0.15) is 11.6 Å². The molecule has 2 rings (SSSR count). The van der Waals surface area contributed by atoms with Crippen molar-refractivity contribution in [2.45, 2.75) is 12.5 Å². The number of rotatable bonds is 4. The minimum Gasteiger partial charge on any atom is -0.448 e. The van der Waals surface area contributed by atoms with Crippen molar-refractivity contribution >= 4 is 27.5 Å². The number of likely N-dealkylation sites (N-methyl/N-ethyl adjacent to an activating group) is 1. The van der Waals surface area contributed by atoms with Gasteiger partial charge in [-0.3, -0.25) is 0 Å². The van der Waals surface area contributed by atoms with E-state index in [1.54, 1.807) is 6.07 Å². The topological polar surface area (TPSA) is 25.2 Å². The third-order valence-electron chi connectivity index (χ3n) is 2.65. The van der Waals surface area contributed by atoms with E-state index in [-0.39, 0.29) is 11.9 Å². The Labute approximate surface area is 118 Å². The normalized spacial score (nSPS) is 12.7. The van der Waals surface area contributed by atoms with Crippen LogP contribution >= 0.6 is 27.5 Å². The van der Waals surface area contributed by atoms with Crippen LogP contribution in [0.5, 0.6) is 0 Å². The third kappa shape index (κ3) is 3.34. The predicted molar refractivity (Wildman–Crippen MR) is 73.3 cm³/mol. The van der Waals surface area contributed by atoms with Crippen LogP contribution in [0.1, 0.15) is 17.4 Å². The second kappa shape index (κ2) is 5.87. The Hall–Kier alpha value is -0.840. The zero-order valence-electron chi connectivity index (χ0n) is 9.71. The molecule has 1 unspecified atom stereocenters. The van der Waals surface area contributed by atoms with Crippen LogP contribution in [0.3, 0.4) is 0 Å². The molecule has 2 nitrogen and oxygen atoms in total. The number of benzene rings is 1. The first-order valence-corrected chi connectivity index (χ1v) is 6.63. The summed E-state index contributed by atoms with van der Waals surface area (Å²) in [4.78, 5) is 0. The van der Waals surface area contributed by atoms with Crippen LogP contribution in [0.15, 0.2) is 39.2 Å². The highest BCUT2D eigenvalue weighted by molar-refractivity contribution is 9.10. The summed E-state index contributed by atoms with van der Waals surface area (Å²) in [5.74, 6) is 0.481. The summed E-state index contributed by atoms with van der Waals surface area (Å²) in [5.41, 5.74) is 0.883. The lowest BCUT2D eigenvalue weighted by Gasteiger charge is -2.14. The summed E-state index contributed by atoms with van der Waals surface area (Å²) < 4.78 is 19.4. The van der Waals surface area contributed by atoms with Gasteiger partial charge in [-0.1, -0.05) is 15.9 Å². The summed E-state index contributed by atoms with van der Waals surface area (Å²) in [6.45, 7) is 0. The van der Waals surface area contributed by atoms with E-state index in [0.29, 0.717) is 11.6 Å². The fraction of sp³-hybridized carbons (Fsp3) is 0.231. The lowest BCUT2D eigenvalue weighted by Crippen LogP contribution is -2.18. The molecule has 0 spiro atoms. The molecule has 18 heavy (non-hydrogen) atoms. The molecular weight excluding hydrogens is 321 g/mol. The van der Waals surface area contributed by atoms with Crippen molar-refractivity contribution in [2.75, 3.05) is 7.05 Å². The fourth-order valence-corrected chi connectivity index (χ4v) is 2.49. The molecule has 1 heterocycles. The van der Waals surface area contributed by atoms with Crippen molar-refractivity contribution in [1.29, 1.82) is 0 Å². The van der Waals surface area contributed by atoms with E-state index in [9.17, 15) is 4.39 Å². The molecule has 0 fully saturated rings. The van der Waals surface area contributed by atoms with Gasteiger partial charge in [0.15, 0.2) is 5.22 Å². The number of halogens is 3. The Kier molecular flexibility index (Phi) is 4.43. The molecule has 2 aromatic rings. The van der Waals surface area contributed by atoms with Crippen LogP contribution in [0.25, 0.3) is 0 Å². The molecule has 0 aliphatic carbocycles. The van der Waals surface area contributed by atoms with E-state index < -0.39 is 0 Å². The van der Waals surface area contributed by atoms with Crippen molar-refractivity contribution in [2.24, 2.45) is 0 Å². The zero-order valence-corrected chi connectivity index (χ0v) is 12.1. The molecule has 1 aromatic heterocycles. The maximum Gasteiger partial charge on any atom is 0.193 e. The molecule has 0 saturated heterocycles. The number of hydrogen-bond donors (Lipinski definition) is 1. The zero-order chi connectivity index (χ0) is 13.1. The largest absolute Gasteiger partial charge is 0.448 e. The number of furan rings is 1. The van der Waals surface area contributed by atoms with E-state index in [0.717, 1.165) is 15.8 Å². The van der Waals surface area contributed by atoms with Gasteiger partial charge < -0.3 is 9.73 Å². The highest BCUT2D eigenvalue weighted by atomic mass is 79.9. The molecule has 0 bridgehead atoms. The van der Waals surface area contributed by atoms with Gasteiger partial charge in [-0.05, 0) is 61.0 Å². The predicted octanol–water partition coefficient (Wildman–Crippen LogP) is 4.34. The van der Waals surface area contributed by atoms with Crippen LogP contribution in [0, 0.1) is 5.82 Å². The van der Waals surface area contributed by atoms with Crippen molar-refractivity contribution in [1.82, 2.24) is 5.32 Å². The van der Waals surface area contributed by atoms with E-state index in [2.05, 4.69) is 21.2 Å². The standard InChI is InChI=1S/C13H12BrClFNO/c1-17-11(12-2-3-13(15)18-12)6-8-4-9(14)7-10(16)5-8/h2-5,7,11,17H,6H2,1H3. The first kappa shape index (κ1) is 13.6. The average Bonchev–Trinajstić information content (AvgIpc) is 2.71. The van der Waals surface area contributed by atoms with Crippen molar-refractivity contribution in [3.8, 4) is 0 Å². The first-order valence-electron chi connectivity index (χ1n) is 5.46.